The summed E-state index contributed by atoms with van der Waals surface area (Å²) in [4.78, 5) is 17.2. The third kappa shape index (κ3) is 4.70. The van der Waals surface area contributed by atoms with Crippen LogP contribution >= 0.6 is 0 Å². The zero-order chi connectivity index (χ0) is 20.9. The highest BCUT2D eigenvalue weighted by Crippen LogP contribution is 2.39. The summed E-state index contributed by atoms with van der Waals surface area (Å²) in [6.45, 7) is 4.10. The van der Waals surface area contributed by atoms with Gasteiger partial charge >= 0.3 is 5.97 Å². The maximum atomic E-state index is 12.7. The zero-order valence-corrected chi connectivity index (χ0v) is 17.5. The lowest BCUT2D eigenvalue weighted by Gasteiger charge is -2.20. The van der Waals surface area contributed by atoms with Crippen molar-refractivity contribution in [2.24, 2.45) is 0 Å². The molecule has 4 rings (SSSR count). The molecule has 1 unspecified atom stereocenters. The van der Waals surface area contributed by atoms with E-state index in [2.05, 4.69) is 28.5 Å². The molecule has 6 heteroatoms. The Labute approximate surface area is 177 Å². The quantitative estimate of drug-likeness (QED) is 0.397. The third-order valence-electron chi connectivity index (χ3n) is 5.38. The summed E-state index contributed by atoms with van der Waals surface area (Å²) in [5.41, 5.74) is 3.71. The first-order valence-electron chi connectivity index (χ1n) is 10.7. The van der Waals surface area contributed by atoms with Gasteiger partial charge in [-0.2, -0.15) is 5.10 Å². The van der Waals surface area contributed by atoms with Crippen LogP contribution in [0.1, 0.15) is 66.9 Å². The van der Waals surface area contributed by atoms with Gasteiger partial charge < -0.3 is 10.1 Å². The van der Waals surface area contributed by atoms with Crippen molar-refractivity contribution in [3.8, 4) is 5.82 Å². The molecule has 0 amide bonds. The second-order valence-corrected chi connectivity index (χ2v) is 7.74. The number of rotatable bonds is 9. The number of nitrogens with zero attached hydrogens (tertiary/aromatic N) is 3. The molecule has 0 spiro atoms. The summed E-state index contributed by atoms with van der Waals surface area (Å²) in [6, 6.07) is 11.5. The van der Waals surface area contributed by atoms with E-state index in [9.17, 15) is 4.79 Å². The molecule has 1 aliphatic carbocycles. The molecule has 30 heavy (non-hydrogen) atoms. The van der Waals surface area contributed by atoms with Crippen molar-refractivity contribution >= 4 is 11.7 Å². The van der Waals surface area contributed by atoms with Gasteiger partial charge in [0, 0.05) is 12.6 Å². The number of carbonyl (C=O) groups excluding carboxylic acids is 1. The van der Waals surface area contributed by atoms with Crippen LogP contribution in [0.2, 0.25) is 0 Å². The predicted molar refractivity (Wildman–Crippen MR) is 117 cm³/mol. The number of nitrogens with one attached hydrogen (secondary N) is 1. The zero-order valence-electron chi connectivity index (χ0n) is 17.5. The van der Waals surface area contributed by atoms with Gasteiger partial charge in [-0.3, -0.25) is 0 Å². The molecule has 1 fully saturated rings. The van der Waals surface area contributed by atoms with Crippen molar-refractivity contribution in [1.82, 2.24) is 14.8 Å². The Balaban J connectivity index is 1.42. The summed E-state index contributed by atoms with van der Waals surface area (Å²) in [7, 11) is 0. The molecule has 2 heterocycles. The summed E-state index contributed by atoms with van der Waals surface area (Å²) < 4.78 is 7.59. The third-order valence-corrected chi connectivity index (χ3v) is 5.38. The van der Waals surface area contributed by atoms with Crippen LogP contribution in [0.4, 0.5) is 5.69 Å². The second-order valence-electron chi connectivity index (χ2n) is 7.74. The van der Waals surface area contributed by atoms with Gasteiger partial charge in [0.15, 0.2) is 12.0 Å². The van der Waals surface area contributed by atoms with E-state index in [0.29, 0.717) is 17.9 Å². The lowest BCUT2D eigenvalue weighted by Crippen LogP contribution is -2.27. The van der Waals surface area contributed by atoms with Gasteiger partial charge in [0.25, 0.3) is 0 Å². The Morgan fingerprint density at radius 1 is 1.20 bits per heavy atom. The normalized spacial score (nSPS) is 14.3. The van der Waals surface area contributed by atoms with Crippen molar-refractivity contribution < 1.29 is 9.53 Å². The largest absolute Gasteiger partial charge is 0.438 e. The highest BCUT2D eigenvalue weighted by atomic mass is 16.6. The molecule has 0 radical (unpaired) electrons. The molecule has 0 saturated heterocycles. The van der Waals surface area contributed by atoms with Crippen LogP contribution in [0.25, 0.3) is 5.82 Å². The van der Waals surface area contributed by atoms with Gasteiger partial charge in [-0.05, 0) is 54.5 Å². The van der Waals surface area contributed by atoms with Crippen molar-refractivity contribution in [2.45, 2.75) is 58.1 Å². The first-order chi connectivity index (χ1) is 14.7. The van der Waals surface area contributed by atoms with Gasteiger partial charge in [-0.15, -0.1) is 0 Å². The molecule has 0 aliphatic heterocycles. The Bertz CT molecular complexity index is 992. The average molecular weight is 405 g/mol. The van der Waals surface area contributed by atoms with E-state index in [1.807, 2.05) is 54.2 Å². The van der Waals surface area contributed by atoms with E-state index >= 15 is 0 Å². The van der Waals surface area contributed by atoms with Crippen molar-refractivity contribution in [2.75, 3.05) is 5.32 Å². The number of aromatic nitrogens is 3. The van der Waals surface area contributed by atoms with Crippen LogP contribution in [-0.4, -0.2) is 27.0 Å². The van der Waals surface area contributed by atoms with E-state index in [-0.39, 0.29) is 5.97 Å². The number of aryl methyl sites for hydroxylation is 1. The fourth-order valence-electron chi connectivity index (χ4n) is 3.53. The Hall–Kier alpha value is -3.15. The van der Waals surface area contributed by atoms with Crippen LogP contribution in [0.5, 0.6) is 0 Å². The maximum absolute atomic E-state index is 12.7. The van der Waals surface area contributed by atoms with Gasteiger partial charge in [0.2, 0.25) is 0 Å². The number of hydrogen-bond donors (Lipinski definition) is 1. The van der Waals surface area contributed by atoms with Gasteiger partial charge in [0.05, 0.1) is 23.6 Å². The number of carbonyl (C=O) groups is 1. The Morgan fingerprint density at radius 2 is 2.03 bits per heavy atom. The van der Waals surface area contributed by atoms with Crippen LogP contribution in [-0.2, 0) is 11.2 Å². The highest BCUT2D eigenvalue weighted by Gasteiger charge is 2.25. The molecule has 1 aliphatic rings. The Kier molecular flexibility index (Phi) is 6.12. The predicted octanol–water partition coefficient (Wildman–Crippen LogP) is 5.10. The Morgan fingerprint density at radius 3 is 2.73 bits per heavy atom. The molecule has 3 aromatic rings. The first kappa shape index (κ1) is 20.1. The SMILES string of the molecule is CCCC(Nc1ccc(-n2cc(C3CC3)cn2)nc1)OC(=O)c1ccccc1CC. The smallest absolute Gasteiger partial charge is 0.340 e. The van der Waals surface area contributed by atoms with E-state index in [0.717, 1.165) is 29.9 Å². The summed E-state index contributed by atoms with van der Waals surface area (Å²) >= 11 is 0. The molecule has 6 nitrogen and oxygen atoms in total. The number of benzene rings is 1. The van der Waals surface area contributed by atoms with E-state index < -0.39 is 6.23 Å². The highest BCUT2D eigenvalue weighted by molar-refractivity contribution is 5.91. The fourth-order valence-corrected chi connectivity index (χ4v) is 3.53. The minimum Gasteiger partial charge on any atom is -0.438 e. The van der Waals surface area contributed by atoms with Crippen LogP contribution in [0, 0.1) is 0 Å². The number of hydrogen-bond acceptors (Lipinski definition) is 5. The number of ether oxygens (including phenoxy) is 1. The number of esters is 1. The van der Waals surface area contributed by atoms with Gasteiger partial charge in [-0.25, -0.2) is 14.5 Å². The van der Waals surface area contributed by atoms with Crippen LogP contribution in [0.15, 0.2) is 55.0 Å². The van der Waals surface area contributed by atoms with Crippen molar-refractivity contribution in [1.29, 1.82) is 0 Å². The second kappa shape index (κ2) is 9.11. The van der Waals surface area contributed by atoms with Gasteiger partial charge in [-0.1, -0.05) is 38.5 Å². The fraction of sp³-hybridized carbons (Fsp3) is 0.375. The molecule has 2 aromatic heterocycles. The van der Waals surface area contributed by atoms with Crippen LogP contribution < -0.4 is 5.32 Å². The topological polar surface area (TPSA) is 69.0 Å². The van der Waals surface area contributed by atoms with Crippen LogP contribution in [0.3, 0.4) is 0 Å². The van der Waals surface area contributed by atoms with E-state index in [1.165, 1.54) is 18.4 Å². The maximum Gasteiger partial charge on any atom is 0.340 e. The van der Waals surface area contributed by atoms with E-state index in [4.69, 9.17) is 4.74 Å². The molecule has 1 atom stereocenters. The molecular weight excluding hydrogens is 376 g/mol. The minimum absolute atomic E-state index is 0.299. The van der Waals surface area contributed by atoms with E-state index in [1.54, 1.807) is 6.20 Å². The summed E-state index contributed by atoms with van der Waals surface area (Å²) in [6.07, 6.45) is 10.2. The van der Waals surface area contributed by atoms with Gasteiger partial charge in [0.1, 0.15) is 0 Å². The standard InChI is InChI=1S/C24H28N4O2/c1-3-7-23(30-24(29)21-9-6-5-8-17(21)4-2)27-20-12-13-22(25-15-20)28-16-19(14-26-28)18-10-11-18/h5-6,8-9,12-16,18,23,27H,3-4,7,10-11H2,1-2H3. The first-order valence-corrected chi connectivity index (χ1v) is 10.7. The van der Waals surface area contributed by atoms with Crippen molar-refractivity contribution in [3.63, 3.8) is 0 Å². The molecule has 1 N–H and O–H groups in total. The lowest BCUT2D eigenvalue weighted by molar-refractivity contribution is 0.0341. The average Bonchev–Trinajstić information content (AvgIpc) is 3.51. The monoisotopic (exact) mass is 404 g/mol. The van der Waals surface area contributed by atoms with Crippen molar-refractivity contribution in [3.05, 3.63) is 71.7 Å². The molecule has 1 saturated carbocycles. The molecule has 0 bridgehead atoms. The molecule has 156 valence electrons. The molecular formula is C24H28N4O2. The number of pyridine rings is 1. The summed E-state index contributed by atoms with van der Waals surface area (Å²) in [5, 5.41) is 7.72. The molecule has 1 aromatic carbocycles. The lowest BCUT2D eigenvalue weighted by atomic mass is 10.1. The minimum atomic E-state index is -0.411. The number of anilines is 1. The summed E-state index contributed by atoms with van der Waals surface area (Å²) in [5.74, 6) is 1.14.